The summed E-state index contributed by atoms with van der Waals surface area (Å²) in [5.41, 5.74) is 1.27. The van der Waals surface area contributed by atoms with Crippen LogP contribution >= 0.6 is 0 Å². The van der Waals surface area contributed by atoms with E-state index >= 15 is 0 Å². The topological polar surface area (TPSA) is 18.5 Å². The van der Waals surface area contributed by atoms with Gasteiger partial charge in [0.1, 0.15) is 0 Å². The third kappa shape index (κ3) is 3.00. The zero-order valence-electron chi connectivity index (χ0n) is 10.9. The Labute approximate surface area is 94.8 Å². The van der Waals surface area contributed by atoms with Gasteiger partial charge in [-0.05, 0) is 37.9 Å². The summed E-state index contributed by atoms with van der Waals surface area (Å²) in [7, 11) is -1.72. The van der Waals surface area contributed by atoms with Crippen LogP contribution in [0.25, 0.3) is 0 Å². The van der Waals surface area contributed by atoms with Crippen LogP contribution in [0.3, 0.4) is 0 Å². The van der Waals surface area contributed by atoms with Crippen molar-refractivity contribution in [2.75, 3.05) is 6.61 Å². The first kappa shape index (κ1) is 12.6. The molecule has 0 amide bonds. The second kappa shape index (κ2) is 4.20. The van der Waals surface area contributed by atoms with E-state index in [0.717, 1.165) is 25.4 Å². The van der Waals surface area contributed by atoms with Gasteiger partial charge in [0.15, 0.2) is 0 Å². The minimum atomic E-state index is -1.72. The summed E-state index contributed by atoms with van der Waals surface area (Å²) in [5.74, 6) is 0.813. The molecule has 0 fully saturated rings. The van der Waals surface area contributed by atoms with E-state index in [1.807, 2.05) is 0 Å². The average Bonchev–Trinajstić information content (AvgIpc) is 2.06. The van der Waals surface area contributed by atoms with E-state index in [1.165, 1.54) is 5.57 Å². The molecule has 0 saturated heterocycles. The third-order valence-corrected chi connectivity index (χ3v) is 7.74. The predicted octanol–water partition coefficient (Wildman–Crippen LogP) is 4.05. The minimum absolute atomic E-state index is 0.237. The molecule has 1 aliphatic heterocycles. The van der Waals surface area contributed by atoms with Crippen molar-refractivity contribution in [3.63, 3.8) is 0 Å². The quantitative estimate of drug-likeness (QED) is 0.664. The molecular weight excluding hydrogens is 204 g/mol. The summed E-state index contributed by atoms with van der Waals surface area (Å²) >= 11 is 0. The Kier molecular flexibility index (Phi) is 3.54. The van der Waals surface area contributed by atoms with Crippen LogP contribution < -0.4 is 0 Å². The summed E-state index contributed by atoms with van der Waals surface area (Å²) in [4.78, 5) is 0. The Hall–Kier alpha value is -0.443. The van der Waals surface area contributed by atoms with Gasteiger partial charge in [0.25, 0.3) is 14.3 Å². The lowest BCUT2D eigenvalue weighted by Gasteiger charge is -2.38. The lowest BCUT2D eigenvalue weighted by Crippen LogP contribution is -2.41. The van der Waals surface area contributed by atoms with Crippen LogP contribution in [0, 0.1) is 0 Å². The zero-order valence-corrected chi connectivity index (χ0v) is 11.9. The highest BCUT2D eigenvalue weighted by molar-refractivity contribution is 6.74. The molecule has 0 radical (unpaired) electrons. The number of allylic oxidation sites excluding steroid dienone is 1. The summed E-state index contributed by atoms with van der Waals surface area (Å²) in [6.07, 6.45) is 2.24. The summed E-state index contributed by atoms with van der Waals surface area (Å²) in [5, 5.41) is 0.237. The Morgan fingerprint density at radius 3 is 2.33 bits per heavy atom. The summed E-state index contributed by atoms with van der Waals surface area (Å²) < 4.78 is 11.8. The molecule has 1 heterocycles. The van der Waals surface area contributed by atoms with Crippen LogP contribution in [0.4, 0.5) is 0 Å². The van der Waals surface area contributed by atoms with E-state index in [2.05, 4.69) is 40.8 Å². The van der Waals surface area contributed by atoms with Crippen molar-refractivity contribution in [3.05, 3.63) is 11.5 Å². The van der Waals surface area contributed by atoms with Crippen molar-refractivity contribution in [2.45, 2.75) is 58.7 Å². The molecule has 15 heavy (non-hydrogen) atoms. The maximum absolute atomic E-state index is 6.15. The normalized spacial score (nSPS) is 18.8. The molecule has 0 N–H and O–H groups in total. The summed E-state index contributed by atoms with van der Waals surface area (Å²) in [6.45, 7) is 14.2. The van der Waals surface area contributed by atoms with Crippen molar-refractivity contribution < 1.29 is 9.16 Å². The number of rotatable bonds is 2. The van der Waals surface area contributed by atoms with E-state index in [4.69, 9.17) is 9.16 Å². The fourth-order valence-corrected chi connectivity index (χ4v) is 2.23. The molecule has 0 aliphatic carbocycles. The largest absolute Gasteiger partial charge is 0.519 e. The lowest BCUT2D eigenvalue weighted by molar-refractivity contribution is 0.0787. The van der Waals surface area contributed by atoms with Gasteiger partial charge < -0.3 is 9.16 Å². The number of hydrogen-bond acceptors (Lipinski definition) is 2. The molecule has 1 rings (SSSR count). The first-order valence-corrected chi connectivity index (χ1v) is 8.66. The lowest BCUT2D eigenvalue weighted by atomic mass is 10.1. The van der Waals surface area contributed by atoms with Crippen LogP contribution in [0.2, 0.25) is 18.1 Å². The van der Waals surface area contributed by atoms with Crippen molar-refractivity contribution in [2.24, 2.45) is 0 Å². The summed E-state index contributed by atoms with van der Waals surface area (Å²) in [6, 6.07) is 0. The molecule has 0 saturated carbocycles. The molecular formula is C12H24O2Si. The molecule has 1 aliphatic rings. The van der Waals surface area contributed by atoms with Gasteiger partial charge in [-0.2, -0.15) is 0 Å². The second-order valence-electron chi connectivity index (χ2n) is 5.88. The smallest absolute Gasteiger partial charge is 0.264 e. The maximum Gasteiger partial charge on any atom is 0.264 e. The molecule has 0 spiro atoms. The molecule has 3 heteroatoms. The SMILES string of the molecule is CC1=C(O[Si](C)(C)C(C)(C)C)OCCC1. The molecule has 0 aromatic carbocycles. The van der Waals surface area contributed by atoms with Crippen molar-refractivity contribution in [1.29, 1.82) is 0 Å². The monoisotopic (exact) mass is 228 g/mol. The van der Waals surface area contributed by atoms with Crippen LogP contribution in [-0.4, -0.2) is 14.9 Å². The van der Waals surface area contributed by atoms with Gasteiger partial charge in [0.2, 0.25) is 0 Å². The maximum atomic E-state index is 6.15. The average molecular weight is 228 g/mol. The second-order valence-corrected chi connectivity index (χ2v) is 10.6. The van der Waals surface area contributed by atoms with E-state index in [0.29, 0.717) is 0 Å². The van der Waals surface area contributed by atoms with E-state index in [-0.39, 0.29) is 5.04 Å². The third-order valence-electron chi connectivity index (χ3n) is 3.43. The van der Waals surface area contributed by atoms with Gasteiger partial charge in [-0.15, -0.1) is 0 Å². The molecule has 0 atom stereocenters. The van der Waals surface area contributed by atoms with Crippen LogP contribution in [0.1, 0.15) is 40.5 Å². The van der Waals surface area contributed by atoms with Gasteiger partial charge in [-0.3, -0.25) is 0 Å². The standard InChI is InChI=1S/C12H24O2Si/c1-10-8-7-9-13-11(10)14-15(5,6)12(2,3)4/h7-9H2,1-6H3. The molecule has 88 valence electrons. The molecule has 0 aromatic heterocycles. The number of ether oxygens (including phenoxy) is 1. The fourth-order valence-electron chi connectivity index (χ4n) is 1.23. The molecule has 0 bridgehead atoms. The Morgan fingerprint density at radius 2 is 1.87 bits per heavy atom. The van der Waals surface area contributed by atoms with E-state index in [9.17, 15) is 0 Å². The highest BCUT2D eigenvalue weighted by Crippen LogP contribution is 2.39. The highest BCUT2D eigenvalue weighted by Gasteiger charge is 2.40. The molecule has 0 unspecified atom stereocenters. The first-order chi connectivity index (χ1) is 6.74. The Bertz CT molecular complexity index is 261. The van der Waals surface area contributed by atoms with Crippen LogP contribution in [-0.2, 0) is 9.16 Å². The van der Waals surface area contributed by atoms with Crippen molar-refractivity contribution >= 4 is 8.32 Å². The minimum Gasteiger partial charge on any atom is -0.519 e. The van der Waals surface area contributed by atoms with Gasteiger partial charge in [-0.1, -0.05) is 20.8 Å². The fraction of sp³-hybridized carbons (Fsp3) is 0.833. The van der Waals surface area contributed by atoms with Gasteiger partial charge in [-0.25, -0.2) is 0 Å². The van der Waals surface area contributed by atoms with Gasteiger partial charge >= 0.3 is 0 Å². The zero-order chi connectivity index (χ0) is 11.7. The van der Waals surface area contributed by atoms with E-state index < -0.39 is 8.32 Å². The van der Waals surface area contributed by atoms with Gasteiger partial charge in [0, 0.05) is 5.57 Å². The van der Waals surface area contributed by atoms with E-state index in [1.54, 1.807) is 0 Å². The van der Waals surface area contributed by atoms with Crippen molar-refractivity contribution in [3.8, 4) is 0 Å². The molecule has 2 nitrogen and oxygen atoms in total. The Balaban J connectivity index is 2.77. The van der Waals surface area contributed by atoms with Crippen LogP contribution in [0.15, 0.2) is 11.5 Å². The van der Waals surface area contributed by atoms with Crippen LogP contribution in [0.5, 0.6) is 0 Å². The first-order valence-electron chi connectivity index (χ1n) is 5.75. The highest BCUT2D eigenvalue weighted by atomic mass is 28.4. The number of hydrogen-bond donors (Lipinski definition) is 0. The molecule has 0 aromatic rings. The Morgan fingerprint density at radius 1 is 1.27 bits per heavy atom. The predicted molar refractivity (Wildman–Crippen MR) is 66.2 cm³/mol. The van der Waals surface area contributed by atoms with Crippen molar-refractivity contribution in [1.82, 2.24) is 0 Å². The van der Waals surface area contributed by atoms with Gasteiger partial charge in [0.05, 0.1) is 6.61 Å².